The van der Waals surface area contributed by atoms with Crippen LogP contribution in [0.4, 0.5) is 5.00 Å². The predicted octanol–water partition coefficient (Wildman–Crippen LogP) is 3.48. The largest absolute Gasteiger partial charge is 0.493 e. The lowest BCUT2D eigenvalue weighted by Gasteiger charge is -2.17. The number of nitrogens with one attached hydrogen (secondary N) is 1. The van der Waals surface area contributed by atoms with Crippen molar-refractivity contribution in [3.63, 3.8) is 0 Å². The van der Waals surface area contributed by atoms with Crippen LogP contribution in [-0.4, -0.2) is 25.0 Å². The highest BCUT2D eigenvalue weighted by Crippen LogP contribution is 2.39. The van der Waals surface area contributed by atoms with Crippen molar-refractivity contribution in [2.24, 2.45) is 5.73 Å². The minimum absolute atomic E-state index is 0.348. The maximum absolute atomic E-state index is 12.7. The van der Waals surface area contributed by atoms with Gasteiger partial charge < -0.3 is 20.5 Å². The van der Waals surface area contributed by atoms with E-state index in [1.54, 1.807) is 26.2 Å². The van der Waals surface area contributed by atoms with Crippen molar-refractivity contribution in [2.75, 3.05) is 12.4 Å². The second kappa shape index (κ2) is 8.48. The maximum Gasteiger partial charge on any atom is 0.265 e. The molecule has 0 fully saturated rings. The molecule has 1 heterocycles. The van der Waals surface area contributed by atoms with Crippen molar-refractivity contribution in [1.82, 2.24) is 0 Å². The molecule has 2 amide bonds. The van der Waals surface area contributed by atoms with Gasteiger partial charge in [0.2, 0.25) is 0 Å². The van der Waals surface area contributed by atoms with Crippen LogP contribution in [0.1, 0.15) is 39.7 Å². The van der Waals surface area contributed by atoms with Gasteiger partial charge in [-0.2, -0.15) is 0 Å². The van der Waals surface area contributed by atoms with Crippen molar-refractivity contribution in [3.8, 4) is 11.5 Å². The zero-order valence-corrected chi connectivity index (χ0v) is 16.9. The topological polar surface area (TPSA) is 90.6 Å². The molecule has 0 aliphatic heterocycles. The molecule has 1 aromatic heterocycles. The molecule has 3 rings (SSSR count). The molecule has 1 aromatic carbocycles. The molecule has 6 nitrogen and oxygen atoms in total. The molecule has 1 atom stereocenters. The second-order valence-corrected chi connectivity index (χ2v) is 7.76. The first kappa shape index (κ1) is 19.9. The normalized spacial score (nSPS) is 13.5. The quantitative estimate of drug-likeness (QED) is 0.664. The van der Waals surface area contributed by atoms with Gasteiger partial charge in [-0.25, -0.2) is 0 Å². The third kappa shape index (κ3) is 4.04. The number of benzene rings is 1. The van der Waals surface area contributed by atoms with Crippen LogP contribution >= 0.6 is 11.3 Å². The van der Waals surface area contributed by atoms with Crippen LogP contribution in [0.5, 0.6) is 11.5 Å². The monoisotopic (exact) mass is 400 g/mol. The third-order valence-electron chi connectivity index (χ3n) is 4.69. The summed E-state index contributed by atoms with van der Waals surface area (Å²) in [6, 6.07) is 5.53. The smallest absolute Gasteiger partial charge is 0.265 e. The summed E-state index contributed by atoms with van der Waals surface area (Å²) in [4.78, 5) is 25.7. The van der Waals surface area contributed by atoms with Gasteiger partial charge in [0.1, 0.15) is 5.00 Å². The number of allylic oxidation sites excluding steroid dienone is 1. The first-order valence-electron chi connectivity index (χ1n) is 9.14. The van der Waals surface area contributed by atoms with E-state index in [0.29, 0.717) is 28.5 Å². The minimum atomic E-state index is -0.781. The highest BCUT2D eigenvalue weighted by Gasteiger charge is 2.27. The molecule has 28 heavy (non-hydrogen) atoms. The maximum atomic E-state index is 12.7. The SMILES string of the molecule is C=CCc1ccc(OC(C)C(=O)Nc2sc3c(c2C(N)=O)CCC3)c(OC)c1. The van der Waals surface area contributed by atoms with Crippen LogP contribution in [0.15, 0.2) is 30.9 Å². The summed E-state index contributed by atoms with van der Waals surface area (Å²) in [7, 11) is 1.55. The van der Waals surface area contributed by atoms with Gasteiger partial charge in [0.25, 0.3) is 11.8 Å². The van der Waals surface area contributed by atoms with Crippen molar-refractivity contribution in [1.29, 1.82) is 0 Å². The minimum Gasteiger partial charge on any atom is -0.493 e. The fourth-order valence-corrected chi connectivity index (χ4v) is 4.61. The fraction of sp³-hybridized carbons (Fsp3) is 0.333. The Bertz CT molecular complexity index is 919. The lowest BCUT2D eigenvalue weighted by atomic mass is 10.1. The number of rotatable bonds is 8. The lowest BCUT2D eigenvalue weighted by molar-refractivity contribution is -0.122. The summed E-state index contributed by atoms with van der Waals surface area (Å²) in [6.45, 7) is 5.38. The van der Waals surface area contributed by atoms with Crippen molar-refractivity contribution in [2.45, 2.75) is 38.7 Å². The number of nitrogens with two attached hydrogens (primary N) is 1. The number of carbonyl (C=O) groups is 2. The van der Waals surface area contributed by atoms with E-state index in [9.17, 15) is 9.59 Å². The van der Waals surface area contributed by atoms with Crippen molar-refractivity contribution < 1.29 is 19.1 Å². The Balaban J connectivity index is 1.74. The Morgan fingerprint density at radius 2 is 2.14 bits per heavy atom. The molecule has 7 heteroatoms. The number of methoxy groups -OCH3 is 1. The summed E-state index contributed by atoms with van der Waals surface area (Å²) in [5.41, 5.74) is 7.99. The van der Waals surface area contributed by atoms with E-state index in [4.69, 9.17) is 15.2 Å². The predicted molar refractivity (Wildman–Crippen MR) is 110 cm³/mol. The van der Waals surface area contributed by atoms with Gasteiger partial charge in [0.15, 0.2) is 17.6 Å². The van der Waals surface area contributed by atoms with Gasteiger partial charge in [0, 0.05) is 4.88 Å². The van der Waals surface area contributed by atoms with E-state index < -0.39 is 12.0 Å². The molecule has 3 N–H and O–H groups in total. The van der Waals surface area contributed by atoms with Gasteiger partial charge in [-0.1, -0.05) is 12.1 Å². The van der Waals surface area contributed by atoms with Gasteiger partial charge in [-0.3, -0.25) is 9.59 Å². The summed E-state index contributed by atoms with van der Waals surface area (Å²) < 4.78 is 11.2. The first-order chi connectivity index (χ1) is 13.4. The number of hydrogen-bond donors (Lipinski definition) is 2. The Morgan fingerprint density at radius 3 is 2.82 bits per heavy atom. The molecule has 0 radical (unpaired) electrons. The van der Waals surface area contributed by atoms with Crippen LogP contribution < -0.4 is 20.5 Å². The van der Waals surface area contributed by atoms with Crippen LogP contribution in [0.2, 0.25) is 0 Å². The Morgan fingerprint density at radius 1 is 1.36 bits per heavy atom. The zero-order valence-electron chi connectivity index (χ0n) is 16.0. The molecule has 0 spiro atoms. The van der Waals surface area contributed by atoms with Crippen LogP contribution in [0, 0.1) is 0 Å². The van der Waals surface area contributed by atoms with E-state index in [-0.39, 0.29) is 5.91 Å². The number of aryl methyl sites for hydroxylation is 1. The van der Waals surface area contributed by atoms with E-state index >= 15 is 0 Å². The number of carbonyl (C=O) groups excluding carboxylic acids is 2. The average molecular weight is 401 g/mol. The molecular weight excluding hydrogens is 376 g/mol. The number of amides is 2. The highest BCUT2D eigenvalue weighted by atomic mass is 32.1. The van der Waals surface area contributed by atoms with Crippen LogP contribution in [0.3, 0.4) is 0 Å². The second-order valence-electron chi connectivity index (χ2n) is 6.65. The average Bonchev–Trinajstić information content (AvgIpc) is 3.23. The number of thiophene rings is 1. The van der Waals surface area contributed by atoms with Crippen molar-refractivity contribution in [3.05, 3.63) is 52.4 Å². The van der Waals surface area contributed by atoms with Gasteiger partial charge in [-0.05, 0) is 55.9 Å². The van der Waals surface area contributed by atoms with Gasteiger partial charge >= 0.3 is 0 Å². The van der Waals surface area contributed by atoms with Crippen molar-refractivity contribution >= 4 is 28.2 Å². The fourth-order valence-electron chi connectivity index (χ4n) is 3.31. The zero-order chi connectivity index (χ0) is 20.3. The molecule has 148 valence electrons. The Kier molecular flexibility index (Phi) is 6.04. The molecule has 0 bridgehead atoms. The van der Waals surface area contributed by atoms with E-state index in [0.717, 1.165) is 35.3 Å². The molecule has 0 saturated carbocycles. The molecule has 1 aliphatic rings. The summed E-state index contributed by atoms with van der Waals surface area (Å²) in [5, 5.41) is 3.32. The number of hydrogen-bond acceptors (Lipinski definition) is 5. The number of ether oxygens (including phenoxy) is 2. The number of primary amides is 1. The molecule has 1 aliphatic carbocycles. The number of anilines is 1. The third-order valence-corrected chi connectivity index (χ3v) is 5.89. The highest BCUT2D eigenvalue weighted by molar-refractivity contribution is 7.17. The summed E-state index contributed by atoms with van der Waals surface area (Å²) in [6.07, 6.45) is 4.48. The molecular formula is C21H24N2O4S. The number of fused-ring (bicyclic) bond motifs is 1. The van der Waals surface area contributed by atoms with E-state index in [1.165, 1.54) is 11.3 Å². The van der Waals surface area contributed by atoms with Crippen LogP contribution in [-0.2, 0) is 24.1 Å². The summed E-state index contributed by atoms with van der Waals surface area (Å²) in [5.74, 6) is 0.163. The molecule has 1 unspecified atom stereocenters. The lowest BCUT2D eigenvalue weighted by Crippen LogP contribution is -2.30. The van der Waals surface area contributed by atoms with Gasteiger partial charge in [0.05, 0.1) is 12.7 Å². The first-order valence-corrected chi connectivity index (χ1v) is 9.96. The van der Waals surface area contributed by atoms with E-state index in [1.807, 2.05) is 12.1 Å². The van der Waals surface area contributed by atoms with E-state index in [2.05, 4.69) is 11.9 Å². The Labute approximate surface area is 168 Å². The summed E-state index contributed by atoms with van der Waals surface area (Å²) >= 11 is 1.42. The molecule has 0 saturated heterocycles. The van der Waals surface area contributed by atoms with Gasteiger partial charge in [-0.15, -0.1) is 17.9 Å². The Hall–Kier alpha value is -2.80. The standard InChI is InChI=1S/C21H24N2O4S/c1-4-6-13-9-10-15(16(11-13)26-3)27-12(2)20(25)23-21-18(19(22)24)14-7-5-8-17(14)28-21/h4,9-12H,1,5-8H2,2-3H3,(H2,22,24)(H,23,25). The molecule has 2 aromatic rings. The van der Waals surface area contributed by atoms with Crippen LogP contribution in [0.25, 0.3) is 0 Å².